The Bertz CT molecular complexity index is 618. The first kappa shape index (κ1) is 18.3. The number of ketones is 1. The van der Waals surface area contributed by atoms with Crippen molar-refractivity contribution in [3.05, 3.63) is 29.8 Å². The zero-order valence-corrected chi connectivity index (χ0v) is 13.2. The van der Waals surface area contributed by atoms with Gasteiger partial charge < -0.3 is 15.2 Å². The van der Waals surface area contributed by atoms with Gasteiger partial charge in [0.2, 0.25) is 0 Å². The summed E-state index contributed by atoms with van der Waals surface area (Å²) < 4.78 is 4.93. The highest BCUT2D eigenvalue weighted by molar-refractivity contribution is 6.00. The second-order valence-corrected chi connectivity index (χ2v) is 5.45. The van der Waals surface area contributed by atoms with E-state index in [0.29, 0.717) is 11.3 Å². The maximum atomic E-state index is 12.0. The fourth-order valence-corrected chi connectivity index (χ4v) is 1.79. The molecule has 0 bridgehead atoms. The molecule has 0 fully saturated rings. The minimum absolute atomic E-state index is 0.0828. The summed E-state index contributed by atoms with van der Waals surface area (Å²) in [5.41, 5.74) is -0.518. The Morgan fingerprint density at radius 3 is 2.13 bits per heavy atom. The summed E-state index contributed by atoms with van der Waals surface area (Å²) in [7, 11) is 0. The minimum atomic E-state index is -1.32. The molecule has 0 radical (unpaired) electrons. The van der Waals surface area contributed by atoms with Crippen LogP contribution in [0.5, 0.6) is 0 Å². The fraction of sp³-hybridized carbons (Fsp3) is 0.375. The van der Waals surface area contributed by atoms with Crippen molar-refractivity contribution in [3.63, 3.8) is 0 Å². The SMILES string of the molecule is CC(=O)OC(C)(C)C(=O)Nc1ccc(C(=O)CCC(=O)O)cc1. The van der Waals surface area contributed by atoms with Crippen molar-refractivity contribution in [1.82, 2.24) is 0 Å². The van der Waals surface area contributed by atoms with Gasteiger partial charge in [0.1, 0.15) is 0 Å². The van der Waals surface area contributed by atoms with Gasteiger partial charge in [0, 0.05) is 24.6 Å². The number of carbonyl (C=O) groups excluding carboxylic acids is 3. The number of Topliss-reactive ketones (excluding diaryl/α,β-unsaturated/α-hetero) is 1. The van der Waals surface area contributed by atoms with Crippen LogP contribution < -0.4 is 5.32 Å². The molecule has 0 spiro atoms. The van der Waals surface area contributed by atoms with Crippen LogP contribution in [0.4, 0.5) is 5.69 Å². The Balaban J connectivity index is 2.70. The van der Waals surface area contributed by atoms with E-state index in [1.54, 1.807) is 0 Å². The number of rotatable bonds is 7. The van der Waals surface area contributed by atoms with Gasteiger partial charge in [-0.05, 0) is 38.1 Å². The zero-order chi connectivity index (χ0) is 17.6. The van der Waals surface area contributed by atoms with Gasteiger partial charge in [0.25, 0.3) is 5.91 Å². The third-order valence-corrected chi connectivity index (χ3v) is 2.98. The Morgan fingerprint density at radius 2 is 1.65 bits per heavy atom. The highest BCUT2D eigenvalue weighted by atomic mass is 16.6. The molecule has 2 N–H and O–H groups in total. The number of amides is 1. The Labute approximate surface area is 133 Å². The van der Waals surface area contributed by atoms with Gasteiger partial charge in [-0.15, -0.1) is 0 Å². The largest absolute Gasteiger partial charge is 0.481 e. The maximum Gasteiger partial charge on any atom is 0.303 e. The first-order chi connectivity index (χ1) is 10.6. The van der Waals surface area contributed by atoms with Crippen molar-refractivity contribution in [2.24, 2.45) is 0 Å². The van der Waals surface area contributed by atoms with E-state index < -0.39 is 23.4 Å². The number of ether oxygens (including phenoxy) is 1. The van der Waals surface area contributed by atoms with E-state index in [1.165, 1.54) is 45.0 Å². The van der Waals surface area contributed by atoms with E-state index in [1.807, 2.05) is 0 Å². The number of aliphatic carboxylic acids is 1. The number of anilines is 1. The van der Waals surface area contributed by atoms with Crippen LogP contribution in [-0.2, 0) is 19.1 Å². The molecule has 1 aromatic carbocycles. The summed E-state index contributed by atoms with van der Waals surface area (Å²) in [5, 5.41) is 11.1. The van der Waals surface area contributed by atoms with E-state index in [4.69, 9.17) is 9.84 Å². The lowest BCUT2D eigenvalue weighted by Crippen LogP contribution is -2.41. The van der Waals surface area contributed by atoms with Crippen molar-refractivity contribution in [2.75, 3.05) is 5.32 Å². The summed E-state index contributed by atoms with van der Waals surface area (Å²) in [6.45, 7) is 4.15. The molecule has 7 heteroatoms. The Morgan fingerprint density at radius 1 is 1.09 bits per heavy atom. The van der Waals surface area contributed by atoms with E-state index >= 15 is 0 Å². The molecular formula is C16H19NO6. The van der Waals surface area contributed by atoms with Crippen molar-refractivity contribution in [2.45, 2.75) is 39.2 Å². The molecule has 0 saturated carbocycles. The second kappa shape index (κ2) is 7.53. The van der Waals surface area contributed by atoms with E-state index in [2.05, 4.69) is 5.32 Å². The molecule has 0 aliphatic heterocycles. The van der Waals surface area contributed by atoms with Gasteiger partial charge in [-0.1, -0.05) is 0 Å². The molecule has 7 nitrogen and oxygen atoms in total. The van der Waals surface area contributed by atoms with E-state index in [9.17, 15) is 19.2 Å². The summed E-state index contributed by atoms with van der Waals surface area (Å²) in [6, 6.07) is 6.04. The number of carboxylic acid groups (broad SMARTS) is 1. The van der Waals surface area contributed by atoms with Gasteiger partial charge >= 0.3 is 11.9 Å². The second-order valence-electron chi connectivity index (χ2n) is 5.45. The molecule has 124 valence electrons. The molecule has 1 rings (SSSR count). The van der Waals surface area contributed by atoms with Crippen molar-refractivity contribution >= 4 is 29.3 Å². The molecule has 0 aliphatic rings. The smallest absolute Gasteiger partial charge is 0.303 e. The summed E-state index contributed by atoms with van der Waals surface area (Å²) in [5.74, 6) is -2.39. The van der Waals surface area contributed by atoms with Crippen LogP contribution >= 0.6 is 0 Å². The number of nitrogens with one attached hydrogen (secondary N) is 1. The topological polar surface area (TPSA) is 110 Å². The van der Waals surface area contributed by atoms with Gasteiger partial charge in [-0.25, -0.2) is 0 Å². The van der Waals surface area contributed by atoms with Crippen molar-refractivity contribution < 1.29 is 29.0 Å². The number of carbonyl (C=O) groups is 4. The van der Waals surface area contributed by atoms with Gasteiger partial charge in [0.05, 0.1) is 6.42 Å². The predicted octanol–water partition coefficient (Wildman–Crippen LogP) is 2.01. The third kappa shape index (κ3) is 5.90. The van der Waals surface area contributed by atoms with E-state index in [0.717, 1.165) is 0 Å². The van der Waals surface area contributed by atoms with Crippen molar-refractivity contribution in [3.8, 4) is 0 Å². The third-order valence-electron chi connectivity index (χ3n) is 2.98. The highest BCUT2D eigenvalue weighted by Gasteiger charge is 2.31. The summed E-state index contributed by atoms with van der Waals surface area (Å²) in [4.78, 5) is 45.2. The van der Waals surface area contributed by atoms with E-state index in [-0.39, 0.29) is 18.6 Å². The summed E-state index contributed by atoms with van der Waals surface area (Å²) >= 11 is 0. The first-order valence-electron chi connectivity index (χ1n) is 6.98. The number of hydrogen-bond donors (Lipinski definition) is 2. The zero-order valence-electron chi connectivity index (χ0n) is 13.2. The lowest BCUT2D eigenvalue weighted by Gasteiger charge is -2.23. The molecule has 0 atom stereocenters. The van der Waals surface area contributed by atoms with Gasteiger partial charge in [-0.3, -0.25) is 19.2 Å². The van der Waals surface area contributed by atoms with Crippen LogP contribution in [0.15, 0.2) is 24.3 Å². The number of benzene rings is 1. The monoisotopic (exact) mass is 321 g/mol. The number of hydrogen-bond acceptors (Lipinski definition) is 5. The standard InChI is InChI=1S/C16H19NO6/c1-10(18)23-16(2,3)15(22)17-12-6-4-11(5-7-12)13(19)8-9-14(20)21/h4-7H,8-9H2,1-3H3,(H,17,22)(H,20,21). The quantitative estimate of drug-likeness (QED) is 0.587. The molecule has 0 unspecified atom stereocenters. The average molecular weight is 321 g/mol. The summed E-state index contributed by atoms with van der Waals surface area (Å²) in [6.07, 6.45) is -0.311. The van der Waals surface area contributed by atoms with Gasteiger partial charge in [0.15, 0.2) is 11.4 Å². The molecule has 0 heterocycles. The van der Waals surface area contributed by atoms with Crippen LogP contribution in [0.3, 0.4) is 0 Å². The van der Waals surface area contributed by atoms with Crippen LogP contribution in [0, 0.1) is 0 Å². The molecule has 1 aromatic rings. The van der Waals surface area contributed by atoms with Crippen LogP contribution in [0.25, 0.3) is 0 Å². The first-order valence-corrected chi connectivity index (χ1v) is 6.98. The number of carboxylic acids is 1. The molecular weight excluding hydrogens is 302 g/mol. The maximum absolute atomic E-state index is 12.0. The molecule has 1 amide bonds. The lowest BCUT2D eigenvalue weighted by atomic mass is 10.1. The van der Waals surface area contributed by atoms with Crippen LogP contribution in [-0.4, -0.2) is 34.3 Å². The average Bonchev–Trinajstić information content (AvgIpc) is 2.44. The minimum Gasteiger partial charge on any atom is -0.481 e. The van der Waals surface area contributed by atoms with Crippen LogP contribution in [0.1, 0.15) is 44.0 Å². The normalized spacial score (nSPS) is 10.7. The Kier molecular flexibility index (Phi) is 6.01. The Hall–Kier alpha value is -2.70. The fourth-order valence-electron chi connectivity index (χ4n) is 1.79. The molecule has 0 aliphatic carbocycles. The van der Waals surface area contributed by atoms with Gasteiger partial charge in [-0.2, -0.15) is 0 Å². The predicted molar refractivity (Wildman–Crippen MR) is 82.1 cm³/mol. The van der Waals surface area contributed by atoms with Crippen LogP contribution in [0.2, 0.25) is 0 Å². The van der Waals surface area contributed by atoms with Crippen molar-refractivity contribution in [1.29, 1.82) is 0 Å². The highest BCUT2D eigenvalue weighted by Crippen LogP contribution is 2.16. The molecule has 0 saturated heterocycles. The lowest BCUT2D eigenvalue weighted by molar-refractivity contribution is -0.160. The number of esters is 1. The molecule has 23 heavy (non-hydrogen) atoms. The molecule has 0 aromatic heterocycles.